The van der Waals surface area contributed by atoms with E-state index in [-0.39, 0.29) is 0 Å². The van der Waals surface area contributed by atoms with Crippen molar-refractivity contribution < 1.29 is 4.74 Å². The fourth-order valence-corrected chi connectivity index (χ4v) is 2.78. The molecular weight excluding hydrogens is 222 g/mol. The van der Waals surface area contributed by atoms with Crippen molar-refractivity contribution in [2.75, 3.05) is 13.7 Å². The average molecular weight is 247 g/mol. The molecule has 1 aromatic rings. The van der Waals surface area contributed by atoms with E-state index in [0.29, 0.717) is 12.1 Å². The highest BCUT2D eigenvalue weighted by Gasteiger charge is 2.22. The fourth-order valence-electron chi connectivity index (χ4n) is 2.78. The number of benzene rings is 1. The summed E-state index contributed by atoms with van der Waals surface area (Å²) in [5.74, 6) is 0. The molecule has 1 aliphatic carbocycles. The van der Waals surface area contributed by atoms with Gasteiger partial charge in [0, 0.05) is 6.04 Å². The molecule has 0 spiro atoms. The van der Waals surface area contributed by atoms with Crippen LogP contribution >= 0.6 is 0 Å². The molecule has 1 aromatic carbocycles. The van der Waals surface area contributed by atoms with Gasteiger partial charge in [-0.15, -0.1) is 0 Å². The van der Waals surface area contributed by atoms with E-state index in [1.807, 2.05) is 0 Å². The molecule has 1 fully saturated rings. The topological polar surface area (TPSA) is 21.3 Å². The number of nitrogens with one attached hydrogen (secondary N) is 1. The summed E-state index contributed by atoms with van der Waals surface area (Å²) in [6.45, 7) is 0.840. The molecule has 1 N–H and O–H groups in total. The van der Waals surface area contributed by atoms with E-state index in [0.717, 1.165) is 13.0 Å². The zero-order valence-electron chi connectivity index (χ0n) is 11.4. The third kappa shape index (κ3) is 4.11. The fraction of sp³-hybridized carbons (Fsp3) is 0.625. The van der Waals surface area contributed by atoms with E-state index in [2.05, 4.69) is 42.7 Å². The number of hydrogen-bond donors (Lipinski definition) is 1. The zero-order chi connectivity index (χ0) is 12.6. The Balaban J connectivity index is 1.77. The average Bonchev–Trinajstić information content (AvgIpc) is 2.65. The Kier molecular flexibility index (Phi) is 5.69. The molecule has 1 saturated carbocycles. The Bertz CT molecular complexity index is 325. The molecule has 0 aliphatic heterocycles. The number of likely N-dealkylation sites (N-methyl/N-ethyl adjacent to an activating group) is 1. The Morgan fingerprint density at radius 2 is 1.89 bits per heavy atom. The van der Waals surface area contributed by atoms with Crippen LogP contribution in [0.15, 0.2) is 30.3 Å². The molecule has 2 atom stereocenters. The first-order chi connectivity index (χ1) is 8.90. The van der Waals surface area contributed by atoms with Crippen molar-refractivity contribution in [3.63, 3.8) is 0 Å². The lowest BCUT2D eigenvalue weighted by atomic mass is 10.1. The van der Waals surface area contributed by atoms with Crippen LogP contribution in [0.3, 0.4) is 0 Å². The summed E-state index contributed by atoms with van der Waals surface area (Å²) < 4.78 is 6.11. The maximum Gasteiger partial charge on any atom is 0.0728 e. The molecule has 0 aromatic heterocycles. The maximum absolute atomic E-state index is 6.11. The van der Waals surface area contributed by atoms with Gasteiger partial charge in [0.2, 0.25) is 0 Å². The van der Waals surface area contributed by atoms with Crippen LogP contribution in [0.4, 0.5) is 0 Å². The van der Waals surface area contributed by atoms with Crippen LogP contribution in [-0.4, -0.2) is 25.8 Å². The minimum atomic E-state index is 0.404. The van der Waals surface area contributed by atoms with Crippen LogP contribution in [-0.2, 0) is 11.2 Å². The highest BCUT2D eigenvalue weighted by Crippen LogP contribution is 2.20. The van der Waals surface area contributed by atoms with E-state index in [9.17, 15) is 0 Å². The second-order valence-corrected chi connectivity index (χ2v) is 5.18. The molecule has 2 rings (SSSR count). The lowest BCUT2D eigenvalue weighted by Gasteiger charge is -2.25. The highest BCUT2D eigenvalue weighted by molar-refractivity contribution is 5.14. The van der Waals surface area contributed by atoms with Crippen molar-refractivity contribution in [3.05, 3.63) is 35.9 Å². The summed E-state index contributed by atoms with van der Waals surface area (Å²) >= 11 is 0. The highest BCUT2D eigenvalue weighted by atomic mass is 16.5. The van der Waals surface area contributed by atoms with Crippen molar-refractivity contribution >= 4 is 0 Å². The van der Waals surface area contributed by atoms with Gasteiger partial charge in [-0.05, 0) is 31.9 Å². The monoisotopic (exact) mass is 247 g/mol. The molecule has 18 heavy (non-hydrogen) atoms. The van der Waals surface area contributed by atoms with Gasteiger partial charge >= 0.3 is 0 Å². The van der Waals surface area contributed by atoms with Crippen LogP contribution in [0.2, 0.25) is 0 Å². The van der Waals surface area contributed by atoms with E-state index in [1.165, 1.54) is 37.7 Å². The molecule has 0 bridgehead atoms. The summed E-state index contributed by atoms with van der Waals surface area (Å²) in [5.41, 5.74) is 1.37. The molecule has 2 unspecified atom stereocenters. The van der Waals surface area contributed by atoms with Crippen LogP contribution in [0, 0.1) is 0 Å². The first kappa shape index (κ1) is 13.6. The number of hydrogen-bond acceptors (Lipinski definition) is 2. The molecule has 0 amide bonds. The van der Waals surface area contributed by atoms with Gasteiger partial charge in [-0.2, -0.15) is 0 Å². The zero-order valence-corrected chi connectivity index (χ0v) is 11.4. The number of ether oxygens (including phenoxy) is 1. The predicted molar refractivity (Wildman–Crippen MR) is 75.8 cm³/mol. The van der Waals surface area contributed by atoms with E-state index in [1.54, 1.807) is 0 Å². The van der Waals surface area contributed by atoms with Gasteiger partial charge in [0.15, 0.2) is 0 Å². The molecule has 2 nitrogen and oxygen atoms in total. The molecule has 0 heterocycles. The standard InChI is InChI=1S/C16H25NO/c1-17-15-10-6-3-7-11-16(15)18-13-12-14-8-4-2-5-9-14/h2,4-5,8-9,15-17H,3,6-7,10-13H2,1H3. The first-order valence-corrected chi connectivity index (χ1v) is 7.23. The normalized spacial score (nSPS) is 24.7. The summed E-state index contributed by atoms with van der Waals surface area (Å²) in [5, 5.41) is 3.42. The minimum absolute atomic E-state index is 0.404. The third-order valence-electron chi connectivity index (χ3n) is 3.89. The summed E-state index contributed by atoms with van der Waals surface area (Å²) in [7, 11) is 2.06. The summed E-state index contributed by atoms with van der Waals surface area (Å²) in [6, 6.07) is 11.1. The van der Waals surface area contributed by atoms with Crippen molar-refractivity contribution in [1.29, 1.82) is 0 Å². The van der Waals surface area contributed by atoms with E-state index < -0.39 is 0 Å². The lowest BCUT2D eigenvalue weighted by Crippen LogP contribution is -2.38. The molecular formula is C16H25NO. The van der Waals surface area contributed by atoms with Gasteiger partial charge < -0.3 is 10.1 Å². The van der Waals surface area contributed by atoms with Crippen molar-refractivity contribution in [1.82, 2.24) is 5.32 Å². The van der Waals surface area contributed by atoms with Crippen LogP contribution in [0.25, 0.3) is 0 Å². The Morgan fingerprint density at radius 3 is 2.67 bits per heavy atom. The van der Waals surface area contributed by atoms with Crippen molar-refractivity contribution in [3.8, 4) is 0 Å². The smallest absolute Gasteiger partial charge is 0.0728 e. The van der Waals surface area contributed by atoms with Crippen LogP contribution in [0.5, 0.6) is 0 Å². The van der Waals surface area contributed by atoms with Gasteiger partial charge in [-0.25, -0.2) is 0 Å². The predicted octanol–water partition coefficient (Wildman–Crippen LogP) is 3.17. The van der Waals surface area contributed by atoms with Gasteiger partial charge in [-0.1, -0.05) is 49.6 Å². The maximum atomic E-state index is 6.11. The first-order valence-electron chi connectivity index (χ1n) is 7.23. The second kappa shape index (κ2) is 7.55. The SMILES string of the molecule is CNC1CCCCCC1OCCc1ccccc1. The Hall–Kier alpha value is -0.860. The van der Waals surface area contributed by atoms with Gasteiger partial charge in [0.05, 0.1) is 12.7 Å². The van der Waals surface area contributed by atoms with Crippen molar-refractivity contribution in [2.45, 2.75) is 50.7 Å². The van der Waals surface area contributed by atoms with E-state index in [4.69, 9.17) is 4.74 Å². The molecule has 100 valence electrons. The molecule has 0 radical (unpaired) electrons. The number of rotatable bonds is 5. The summed E-state index contributed by atoms with van der Waals surface area (Å²) in [4.78, 5) is 0. The van der Waals surface area contributed by atoms with Gasteiger partial charge in [0.1, 0.15) is 0 Å². The molecule has 1 aliphatic rings. The third-order valence-corrected chi connectivity index (χ3v) is 3.89. The van der Waals surface area contributed by atoms with Gasteiger partial charge in [0.25, 0.3) is 0 Å². The van der Waals surface area contributed by atoms with E-state index >= 15 is 0 Å². The Morgan fingerprint density at radius 1 is 1.11 bits per heavy atom. The van der Waals surface area contributed by atoms with Gasteiger partial charge in [-0.3, -0.25) is 0 Å². The van der Waals surface area contributed by atoms with Crippen molar-refractivity contribution in [2.24, 2.45) is 0 Å². The van der Waals surface area contributed by atoms with Crippen LogP contribution < -0.4 is 5.32 Å². The second-order valence-electron chi connectivity index (χ2n) is 5.18. The molecule has 2 heteroatoms. The lowest BCUT2D eigenvalue weighted by molar-refractivity contribution is 0.0257. The van der Waals surface area contributed by atoms with Crippen LogP contribution in [0.1, 0.15) is 37.7 Å². The Labute approximate surface area is 111 Å². The largest absolute Gasteiger partial charge is 0.376 e. The quantitative estimate of drug-likeness (QED) is 0.807. The molecule has 0 saturated heterocycles. The minimum Gasteiger partial charge on any atom is -0.376 e. The summed E-state index contributed by atoms with van der Waals surface area (Å²) in [6.07, 6.45) is 7.90.